The lowest BCUT2D eigenvalue weighted by molar-refractivity contribution is -0.213. The lowest BCUT2D eigenvalue weighted by atomic mass is 9.41. The summed E-state index contributed by atoms with van der Waals surface area (Å²) in [4.78, 5) is 22.8. The van der Waals surface area contributed by atoms with Crippen LogP contribution in [-0.4, -0.2) is 31.7 Å². The van der Waals surface area contributed by atoms with E-state index in [1.165, 1.54) is 25.7 Å². The van der Waals surface area contributed by atoms with E-state index in [2.05, 4.69) is 27.7 Å². The zero-order valence-electron chi connectivity index (χ0n) is 20.6. The molecule has 0 saturated heterocycles. The van der Waals surface area contributed by atoms with Crippen molar-refractivity contribution in [3.05, 3.63) is 0 Å². The fraction of sp³-hybridized carbons (Fsp3) is 0.926. The Balaban J connectivity index is 1.69. The van der Waals surface area contributed by atoms with E-state index in [4.69, 9.17) is 15.2 Å². The molecule has 4 aliphatic rings. The average Bonchev–Trinajstić information content (AvgIpc) is 3.12. The molecule has 4 saturated carbocycles. The van der Waals surface area contributed by atoms with Gasteiger partial charge < -0.3 is 15.2 Å². The normalized spacial score (nSPS) is 48.7. The number of nitrogens with two attached hydrogens (primary N) is 1. The Morgan fingerprint density at radius 1 is 0.969 bits per heavy atom. The van der Waals surface area contributed by atoms with Gasteiger partial charge in [-0.3, -0.25) is 9.59 Å². The van der Waals surface area contributed by atoms with Crippen LogP contribution in [0.2, 0.25) is 0 Å². The predicted molar refractivity (Wildman–Crippen MR) is 124 cm³/mol. The summed E-state index contributed by atoms with van der Waals surface area (Å²) in [6.07, 6.45) is 10.1. The van der Waals surface area contributed by atoms with Crippen LogP contribution in [0.15, 0.2) is 0 Å². The second-order valence-corrected chi connectivity index (χ2v) is 12.1. The van der Waals surface area contributed by atoms with Crippen LogP contribution in [-0.2, 0) is 19.1 Å². The highest BCUT2D eigenvalue weighted by molar-refractivity contribution is 5.38. The van der Waals surface area contributed by atoms with Gasteiger partial charge >= 0.3 is 0 Å². The molecule has 0 heterocycles. The molecule has 4 fully saturated rings. The summed E-state index contributed by atoms with van der Waals surface area (Å²) in [7, 11) is 0. The molecule has 4 aliphatic carbocycles. The van der Waals surface area contributed by atoms with Crippen LogP contribution >= 0.6 is 0 Å². The van der Waals surface area contributed by atoms with E-state index in [9.17, 15) is 9.59 Å². The molecule has 32 heavy (non-hydrogen) atoms. The van der Waals surface area contributed by atoms with Crippen LogP contribution < -0.4 is 5.73 Å². The minimum atomic E-state index is -0.0104. The summed E-state index contributed by atoms with van der Waals surface area (Å²) >= 11 is 0. The molecule has 4 rings (SSSR count). The van der Waals surface area contributed by atoms with Crippen molar-refractivity contribution in [2.75, 3.05) is 6.54 Å². The van der Waals surface area contributed by atoms with Crippen LogP contribution in [0.4, 0.5) is 0 Å². The molecule has 0 bridgehead atoms. The maximum absolute atomic E-state index is 11.7. The van der Waals surface area contributed by atoms with E-state index in [1.54, 1.807) is 0 Å². The topological polar surface area (TPSA) is 78.6 Å². The second kappa shape index (κ2) is 9.27. The Hall–Kier alpha value is -1.10. The number of hydrogen-bond acceptors (Lipinski definition) is 5. The Labute approximate surface area is 194 Å². The molecule has 0 amide bonds. The number of fused-ring (bicyclic) bond motifs is 5. The molecule has 0 spiro atoms. The third-order valence-electron chi connectivity index (χ3n) is 11.2. The van der Waals surface area contributed by atoms with Crippen LogP contribution in [0, 0.1) is 52.3 Å². The number of ether oxygens (including phenoxy) is 2. The molecule has 182 valence electrons. The van der Waals surface area contributed by atoms with Gasteiger partial charge in [-0.25, -0.2) is 0 Å². The van der Waals surface area contributed by atoms with E-state index < -0.39 is 0 Å². The minimum absolute atomic E-state index is 0.00915. The first kappa shape index (κ1) is 24.0. The highest BCUT2D eigenvalue weighted by atomic mass is 16.5. The van der Waals surface area contributed by atoms with Crippen molar-refractivity contribution in [1.29, 1.82) is 0 Å². The van der Waals surface area contributed by atoms with E-state index >= 15 is 0 Å². The van der Waals surface area contributed by atoms with Crippen molar-refractivity contribution in [1.82, 2.24) is 0 Å². The quantitative estimate of drug-likeness (QED) is 0.532. The first-order valence-corrected chi connectivity index (χ1v) is 13.2. The van der Waals surface area contributed by atoms with Crippen molar-refractivity contribution < 1.29 is 19.1 Å². The molecule has 0 aromatic carbocycles. The molecule has 0 aromatic rings. The Bertz CT molecular complexity index is 685. The Morgan fingerprint density at radius 3 is 2.31 bits per heavy atom. The standard InChI is InChI=1S/C27H45NO4/c1-5-19-23-14-18(31-15-29)8-11-27(23,4)22-9-12-26(3)20(17(2)10-13-28)6-7-21(26)24(22)25(19)32-16-30/h15-25H,5-14,28H2,1-4H3/t17-,18-,19-,20-,21+,22+,23+,24+,25-,26-,27-/m1/s1. The van der Waals surface area contributed by atoms with Crippen molar-refractivity contribution >= 4 is 12.9 Å². The lowest BCUT2D eigenvalue weighted by Gasteiger charge is -2.65. The fourth-order valence-corrected chi connectivity index (χ4v) is 9.80. The summed E-state index contributed by atoms with van der Waals surface area (Å²) in [5.74, 6) is 3.80. The van der Waals surface area contributed by atoms with Gasteiger partial charge in [-0.2, -0.15) is 0 Å². The summed E-state index contributed by atoms with van der Waals surface area (Å²) in [5.41, 5.74) is 6.50. The smallest absolute Gasteiger partial charge is 0.293 e. The summed E-state index contributed by atoms with van der Waals surface area (Å²) in [5, 5.41) is 0. The molecule has 0 unspecified atom stereocenters. The highest BCUT2D eigenvalue weighted by Crippen LogP contribution is 2.70. The molecule has 0 aliphatic heterocycles. The SMILES string of the molecule is CC[C@H]1[C@@H](OC=O)[C@@H]2[C@H](CC[C@]3(C)[C@@H]([C@H](C)CCN)CC[C@@H]23)[C@@]2(C)CC[C@@H](OC=O)C[C@@H]12. The van der Waals surface area contributed by atoms with Gasteiger partial charge in [-0.15, -0.1) is 0 Å². The van der Waals surface area contributed by atoms with Crippen molar-refractivity contribution in [3.8, 4) is 0 Å². The van der Waals surface area contributed by atoms with E-state index in [0.29, 0.717) is 53.9 Å². The second-order valence-electron chi connectivity index (χ2n) is 12.1. The zero-order chi connectivity index (χ0) is 23.1. The van der Waals surface area contributed by atoms with E-state index in [-0.39, 0.29) is 17.6 Å². The van der Waals surface area contributed by atoms with Crippen LogP contribution in [0.25, 0.3) is 0 Å². The third-order valence-corrected chi connectivity index (χ3v) is 11.2. The average molecular weight is 448 g/mol. The first-order valence-electron chi connectivity index (χ1n) is 13.2. The third kappa shape index (κ3) is 3.61. The van der Waals surface area contributed by atoms with Crippen molar-refractivity contribution in [2.24, 2.45) is 58.0 Å². The monoisotopic (exact) mass is 447 g/mol. The molecule has 11 atom stereocenters. The van der Waals surface area contributed by atoms with Gasteiger partial charge in [0, 0.05) is 5.92 Å². The maximum atomic E-state index is 11.7. The van der Waals surface area contributed by atoms with Crippen LogP contribution in [0.3, 0.4) is 0 Å². The number of carbonyl (C=O) groups is 2. The van der Waals surface area contributed by atoms with Crippen LogP contribution in [0.1, 0.15) is 85.5 Å². The van der Waals surface area contributed by atoms with Gasteiger partial charge in [0.2, 0.25) is 0 Å². The predicted octanol–water partition coefficient (Wildman–Crippen LogP) is 4.96. The largest absolute Gasteiger partial charge is 0.465 e. The number of carbonyl (C=O) groups excluding carboxylic acids is 2. The van der Waals surface area contributed by atoms with Crippen molar-refractivity contribution in [2.45, 2.75) is 97.7 Å². The first-order chi connectivity index (χ1) is 15.4. The van der Waals surface area contributed by atoms with Gasteiger partial charge in [-0.1, -0.05) is 27.7 Å². The van der Waals surface area contributed by atoms with Gasteiger partial charge in [-0.05, 0) is 111 Å². The Morgan fingerprint density at radius 2 is 1.66 bits per heavy atom. The molecule has 0 aromatic heterocycles. The van der Waals surface area contributed by atoms with E-state index in [1.807, 2.05) is 0 Å². The lowest BCUT2D eigenvalue weighted by Crippen LogP contribution is -2.62. The van der Waals surface area contributed by atoms with Gasteiger partial charge in [0.25, 0.3) is 12.9 Å². The molecule has 5 heteroatoms. The van der Waals surface area contributed by atoms with Gasteiger partial charge in [0.15, 0.2) is 0 Å². The minimum Gasteiger partial charge on any atom is -0.465 e. The molecular formula is C27H45NO4. The van der Waals surface area contributed by atoms with Gasteiger partial charge in [0.05, 0.1) is 0 Å². The summed E-state index contributed by atoms with van der Waals surface area (Å²) in [6, 6.07) is 0. The molecule has 2 N–H and O–H groups in total. The van der Waals surface area contributed by atoms with Crippen LogP contribution in [0.5, 0.6) is 0 Å². The maximum Gasteiger partial charge on any atom is 0.293 e. The van der Waals surface area contributed by atoms with Gasteiger partial charge in [0.1, 0.15) is 12.2 Å². The van der Waals surface area contributed by atoms with E-state index in [0.717, 1.165) is 44.6 Å². The summed E-state index contributed by atoms with van der Waals surface area (Å²) < 4.78 is 11.5. The number of rotatable bonds is 8. The zero-order valence-corrected chi connectivity index (χ0v) is 20.6. The van der Waals surface area contributed by atoms with Crippen molar-refractivity contribution in [3.63, 3.8) is 0 Å². The molecule has 5 nitrogen and oxygen atoms in total. The summed E-state index contributed by atoms with van der Waals surface area (Å²) in [6.45, 7) is 11.8. The molecule has 0 radical (unpaired) electrons. The fourth-order valence-electron chi connectivity index (χ4n) is 9.80. The number of hydrogen-bond donors (Lipinski definition) is 1. The molecular weight excluding hydrogens is 402 g/mol. The highest BCUT2D eigenvalue weighted by Gasteiger charge is 2.65. The Kier molecular flexibility index (Phi) is 6.96.